The normalized spacial score (nSPS) is 11.2. The van der Waals surface area contributed by atoms with E-state index in [0.717, 1.165) is 37.5 Å². The number of aryl methyl sites for hydroxylation is 1. The summed E-state index contributed by atoms with van der Waals surface area (Å²) in [6.07, 6.45) is 3.98. The number of thiophene rings is 1. The molecule has 28 heavy (non-hydrogen) atoms. The number of nitrogens with one attached hydrogen (secondary N) is 1. The van der Waals surface area contributed by atoms with Crippen LogP contribution in [0.1, 0.15) is 15.4 Å². The maximum atomic E-state index is 12.8. The van der Waals surface area contributed by atoms with Crippen molar-refractivity contribution < 1.29 is 4.79 Å². The van der Waals surface area contributed by atoms with Crippen molar-refractivity contribution in [3.63, 3.8) is 0 Å². The predicted molar refractivity (Wildman–Crippen MR) is 117 cm³/mol. The van der Waals surface area contributed by atoms with Gasteiger partial charge in [-0.15, -0.1) is 34.0 Å². The number of rotatable bonds is 4. The zero-order chi connectivity index (χ0) is 19.1. The molecule has 0 aliphatic rings. The van der Waals surface area contributed by atoms with Gasteiger partial charge in [-0.1, -0.05) is 18.2 Å². The number of carbonyl (C=O) groups is 1. The second-order valence-electron chi connectivity index (χ2n) is 6.16. The number of hydrogen-bond acceptors (Lipinski definition) is 6. The molecule has 1 amide bonds. The highest BCUT2D eigenvalue weighted by molar-refractivity contribution is 7.22. The molecular formula is C20H14N4OS3. The zero-order valence-electron chi connectivity index (χ0n) is 14.7. The van der Waals surface area contributed by atoms with Gasteiger partial charge >= 0.3 is 0 Å². The fourth-order valence-electron chi connectivity index (χ4n) is 2.92. The van der Waals surface area contributed by atoms with Gasteiger partial charge < -0.3 is 5.32 Å². The fraction of sp³-hybridized carbons (Fsp3) is 0.0500. The van der Waals surface area contributed by atoms with Gasteiger partial charge in [-0.05, 0) is 30.5 Å². The summed E-state index contributed by atoms with van der Waals surface area (Å²) in [5, 5.41) is 7.89. The molecule has 5 aromatic rings. The van der Waals surface area contributed by atoms with Gasteiger partial charge in [0.15, 0.2) is 4.96 Å². The molecular weight excluding hydrogens is 408 g/mol. The first kappa shape index (κ1) is 17.3. The second-order valence-corrected chi connectivity index (χ2v) is 8.98. The highest BCUT2D eigenvalue weighted by Gasteiger charge is 2.17. The Bertz CT molecular complexity index is 1250. The third-order valence-corrected chi connectivity index (χ3v) is 7.21. The Balaban J connectivity index is 1.40. The van der Waals surface area contributed by atoms with E-state index in [1.54, 1.807) is 22.7 Å². The van der Waals surface area contributed by atoms with Crippen LogP contribution in [0, 0.1) is 6.92 Å². The molecule has 1 N–H and O–H groups in total. The molecule has 0 fully saturated rings. The number of imidazole rings is 1. The van der Waals surface area contributed by atoms with E-state index in [0.29, 0.717) is 4.88 Å². The van der Waals surface area contributed by atoms with Crippen molar-refractivity contribution >= 4 is 50.6 Å². The monoisotopic (exact) mass is 422 g/mol. The van der Waals surface area contributed by atoms with Gasteiger partial charge in [-0.2, -0.15) is 0 Å². The topological polar surface area (TPSA) is 59.3 Å². The number of amides is 1. The third-order valence-electron chi connectivity index (χ3n) is 4.24. The summed E-state index contributed by atoms with van der Waals surface area (Å²) >= 11 is 4.64. The number of benzene rings is 1. The van der Waals surface area contributed by atoms with Gasteiger partial charge in [-0.25, -0.2) is 9.97 Å². The van der Waals surface area contributed by atoms with Crippen LogP contribution in [0.15, 0.2) is 59.6 Å². The van der Waals surface area contributed by atoms with Crippen molar-refractivity contribution in [3.05, 3.63) is 70.1 Å². The summed E-state index contributed by atoms with van der Waals surface area (Å²) < 4.78 is 2.00. The highest BCUT2D eigenvalue weighted by atomic mass is 32.1. The maximum absolute atomic E-state index is 12.8. The highest BCUT2D eigenvalue weighted by Crippen LogP contribution is 2.32. The summed E-state index contributed by atoms with van der Waals surface area (Å²) in [5.74, 6) is -0.138. The van der Waals surface area contributed by atoms with Crippen LogP contribution in [0.5, 0.6) is 0 Å². The third kappa shape index (κ3) is 3.15. The fourth-order valence-corrected chi connectivity index (χ4v) is 5.38. The van der Waals surface area contributed by atoms with E-state index in [4.69, 9.17) is 0 Å². The summed E-state index contributed by atoms with van der Waals surface area (Å²) in [6.45, 7) is 1.87. The average Bonchev–Trinajstić information content (AvgIpc) is 3.45. The number of carbonyl (C=O) groups excluding carboxylic acids is 1. The van der Waals surface area contributed by atoms with Gasteiger partial charge in [-0.3, -0.25) is 9.20 Å². The molecule has 0 saturated heterocycles. The van der Waals surface area contributed by atoms with Crippen LogP contribution in [0.4, 0.5) is 5.69 Å². The van der Waals surface area contributed by atoms with Crippen LogP contribution >= 0.6 is 34.0 Å². The largest absolute Gasteiger partial charge is 0.321 e. The van der Waals surface area contributed by atoms with Crippen LogP contribution in [-0.4, -0.2) is 20.3 Å². The molecule has 0 atom stereocenters. The van der Waals surface area contributed by atoms with Crippen molar-refractivity contribution in [3.8, 4) is 21.1 Å². The van der Waals surface area contributed by atoms with Crippen molar-refractivity contribution in [2.75, 3.05) is 5.32 Å². The van der Waals surface area contributed by atoms with E-state index >= 15 is 0 Å². The lowest BCUT2D eigenvalue weighted by Gasteiger charge is -2.05. The van der Waals surface area contributed by atoms with Gasteiger partial charge in [0, 0.05) is 29.0 Å². The molecule has 0 radical (unpaired) electrons. The molecule has 0 saturated carbocycles. The van der Waals surface area contributed by atoms with E-state index in [9.17, 15) is 4.79 Å². The lowest BCUT2D eigenvalue weighted by atomic mass is 10.1. The number of nitrogens with zero attached hydrogens (tertiary/aromatic N) is 3. The number of aromatic nitrogens is 3. The van der Waals surface area contributed by atoms with Crippen LogP contribution in [0.3, 0.4) is 0 Å². The first-order chi connectivity index (χ1) is 13.7. The molecule has 4 aromatic heterocycles. The Morgan fingerprint density at radius 3 is 2.86 bits per heavy atom. The summed E-state index contributed by atoms with van der Waals surface area (Å²) in [4.78, 5) is 24.7. The molecule has 0 aliphatic heterocycles. The molecule has 0 aliphatic carbocycles. The lowest BCUT2D eigenvalue weighted by molar-refractivity contribution is 0.103. The zero-order valence-corrected chi connectivity index (χ0v) is 17.2. The minimum absolute atomic E-state index is 0.138. The summed E-state index contributed by atoms with van der Waals surface area (Å²) in [6, 6.07) is 11.8. The molecule has 1 aromatic carbocycles. The number of thiazole rings is 2. The van der Waals surface area contributed by atoms with Crippen LogP contribution < -0.4 is 5.32 Å². The van der Waals surface area contributed by atoms with Crippen LogP contribution in [0.2, 0.25) is 0 Å². The Morgan fingerprint density at radius 2 is 2.04 bits per heavy atom. The second kappa shape index (κ2) is 6.97. The van der Waals surface area contributed by atoms with Crippen LogP contribution in [0.25, 0.3) is 26.1 Å². The van der Waals surface area contributed by atoms with Crippen molar-refractivity contribution in [1.29, 1.82) is 0 Å². The van der Waals surface area contributed by atoms with E-state index < -0.39 is 0 Å². The molecule has 5 nitrogen and oxygen atoms in total. The Hall–Kier alpha value is -2.81. The van der Waals surface area contributed by atoms with Gasteiger partial charge in [0.1, 0.15) is 9.88 Å². The van der Waals surface area contributed by atoms with Gasteiger partial charge in [0.2, 0.25) is 0 Å². The number of anilines is 1. The minimum Gasteiger partial charge on any atom is -0.321 e. The van der Waals surface area contributed by atoms with E-state index in [1.807, 2.05) is 70.9 Å². The van der Waals surface area contributed by atoms with Gasteiger partial charge in [0.25, 0.3) is 5.91 Å². The Labute approximate surface area is 173 Å². The molecule has 0 unspecified atom stereocenters. The number of fused-ring (bicyclic) bond motifs is 1. The van der Waals surface area contributed by atoms with E-state index in [2.05, 4.69) is 15.3 Å². The van der Waals surface area contributed by atoms with Crippen molar-refractivity contribution in [1.82, 2.24) is 14.4 Å². The molecule has 5 rings (SSSR count). The SMILES string of the molecule is Cc1nc(-c2cccs2)sc1C(=O)Nc1cccc(-c2cn3ccsc3n2)c1. The smallest absolute Gasteiger partial charge is 0.267 e. The molecule has 8 heteroatoms. The Morgan fingerprint density at radius 1 is 1.11 bits per heavy atom. The molecule has 0 spiro atoms. The van der Waals surface area contributed by atoms with Crippen LogP contribution in [-0.2, 0) is 0 Å². The maximum Gasteiger partial charge on any atom is 0.267 e. The van der Waals surface area contributed by atoms with Crippen molar-refractivity contribution in [2.45, 2.75) is 6.92 Å². The average molecular weight is 423 g/mol. The quantitative estimate of drug-likeness (QED) is 0.398. The molecule has 0 bridgehead atoms. The number of hydrogen-bond donors (Lipinski definition) is 1. The standard InChI is InChI=1S/C20H14N4OS3/c1-12-17(28-19(21-12)16-6-3-8-26-16)18(25)22-14-5-2-4-13(10-14)15-11-24-7-9-27-20(24)23-15/h2-11H,1H3,(H,22,25). The summed E-state index contributed by atoms with van der Waals surface area (Å²) in [7, 11) is 0. The minimum atomic E-state index is -0.138. The Kier molecular flexibility index (Phi) is 4.31. The summed E-state index contributed by atoms with van der Waals surface area (Å²) in [5.41, 5.74) is 3.34. The van der Waals surface area contributed by atoms with E-state index in [-0.39, 0.29) is 5.91 Å². The van der Waals surface area contributed by atoms with E-state index in [1.165, 1.54) is 11.3 Å². The first-order valence-corrected chi connectivity index (χ1v) is 11.1. The molecule has 4 heterocycles. The van der Waals surface area contributed by atoms with Gasteiger partial charge in [0.05, 0.1) is 16.3 Å². The predicted octanol–water partition coefficient (Wildman–Crippen LogP) is 5.81. The first-order valence-electron chi connectivity index (χ1n) is 8.53. The van der Waals surface area contributed by atoms with Crippen molar-refractivity contribution in [2.24, 2.45) is 0 Å². The lowest BCUT2D eigenvalue weighted by Crippen LogP contribution is -2.11. The molecule has 138 valence electrons.